The summed E-state index contributed by atoms with van der Waals surface area (Å²) in [5.74, 6) is 0.305. The third-order valence-corrected chi connectivity index (χ3v) is 3.80. The molecule has 0 saturated heterocycles. The lowest BCUT2D eigenvalue weighted by molar-refractivity contribution is 0.102. The van der Waals surface area contributed by atoms with Crippen LogP contribution in [0.25, 0.3) is 0 Å². The lowest BCUT2D eigenvalue weighted by atomic mass is 10.1. The standard InChI is InChI=1S/C14H12BrClN2O/c1-8-3-4-10(16)6-11(8)14(19)18-13-5-9(2)12(15)7-17-13/h3-7H,1-2H3,(H,17,18,19). The van der Waals surface area contributed by atoms with E-state index < -0.39 is 0 Å². The number of anilines is 1. The second kappa shape index (κ2) is 5.72. The Bertz CT molecular complexity index is 643. The van der Waals surface area contributed by atoms with Gasteiger partial charge < -0.3 is 5.32 Å². The molecule has 2 rings (SSSR count). The van der Waals surface area contributed by atoms with E-state index in [9.17, 15) is 4.79 Å². The molecular weight excluding hydrogens is 328 g/mol. The molecule has 19 heavy (non-hydrogen) atoms. The fourth-order valence-corrected chi connectivity index (χ4v) is 2.02. The number of rotatable bonds is 2. The van der Waals surface area contributed by atoms with E-state index in [1.165, 1.54) is 0 Å². The van der Waals surface area contributed by atoms with Crippen molar-refractivity contribution in [1.29, 1.82) is 0 Å². The van der Waals surface area contributed by atoms with Gasteiger partial charge >= 0.3 is 0 Å². The van der Waals surface area contributed by atoms with Crippen LogP contribution in [0.3, 0.4) is 0 Å². The molecule has 3 nitrogen and oxygen atoms in total. The van der Waals surface area contributed by atoms with Crippen LogP contribution in [-0.2, 0) is 0 Å². The minimum Gasteiger partial charge on any atom is -0.307 e. The smallest absolute Gasteiger partial charge is 0.257 e. The van der Waals surface area contributed by atoms with Gasteiger partial charge in [-0.05, 0) is 59.1 Å². The van der Waals surface area contributed by atoms with E-state index in [0.717, 1.165) is 15.6 Å². The number of aromatic nitrogens is 1. The predicted octanol–water partition coefficient (Wildman–Crippen LogP) is 4.37. The molecule has 98 valence electrons. The van der Waals surface area contributed by atoms with Crippen molar-refractivity contribution in [2.75, 3.05) is 5.32 Å². The Morgan fingerprint density at radius 2 is 2.00 bits per heavy atom. The first kappa shape index (κ1) is 14.0. The summed E-state index contributed by atoms with van der Waals surface area (Å²) in [6, 6.07) is 7.03. The molecule has 0 bridgehead atoms. The fraction of sp³-hybridized carbons (Fsp3) is 0.143. The number of hydrogen-bond donors (Lipinski definition) is 1. The topological polar surface area (TPSA) is 42.0 Å². The number of pyridine rings is 1. The van der Waals surface area contributed by atoms with E-state index in [2.05, 4.69) is 26.2 Å². The number of amides is 1. The van der Waals surface area contributed by atoms with E-state index in [0.29, 0.717) is 16.4 Å². The minimum absolute atomic E-state index is 0.214. The van der Waals surface area contributed by atoms with Gasteiger partial charge in [0.2, 0.25) is 0 Å². The fourth-order valence-electron chi connectivity index (χ4n) is 1.63. The molecule has 0 aliphatic heterocycles. The van der Waals surface area contributed by atoms with Crippen molar-refractivity contribution in [2.45, 2.75) is 13.8 Å². The Hall–Kier alpha value is -1.39. The highest BCUT2D eigenvalue weighted by atomic mass is 79.9. The Morgan fingerprint density at radius 1 is 1.26 bits per heavy atom. The second-order valence-corrected chi connectivity index (χ2v) is 5.52. The summed E-state index contributed by atoms with van der Waals surface area (Å²) in [5, 5.41) is 3.30. The van der Waals surface area contributed by atoms with E-state index in [-0.39, 0.29) is 5.91 Å². The number of aryl methyl sites for hydroxylation is 2. The summed E-state index contributed by atoms with van der Waals surface area (Å²) in [7, 11) is 0. The molecule has 5 heteroatoms. The van der Waals surface area contributed by atoms with Crippen LogP contribution >= 0.6 is 27.5 Å². The van der Waals surface area contributed by atoms with Crippen molar-refractivity contribution >= 4 is 39.3 Å². The highest BCUT2D eigenvalue weighted by molar-refractivity contribution is 9.10. The molecule has 0 fully saturated rings. The van der Waals surface area contributed by atoms with Crippen molar-refractivity contribution < 1.29 is 4.79 Å². The van der Waals surface area contributed by atoms with Gasteiger partial charge in [-0.3, -0.25) is 4.79 Å². The summed E-state index contributed by atoms with van der Waals surface area (Å²) >= 11 is 9.28. The van der Waals surface area contributed by atoms with Crippen LogP contribution in [0.4, 0.5) is 5.82 Å². The molecule has 2 aromatic rings. The zero-order chi connectivity index (χ0) is 14.0. The molecule has 0 spiro atoms. The van der Waals surface area contributed by atoms with E-state index in [4.69, 9.17) is 11.6 Å². The molecule has 1 N–H and O–H groups in total. The van der Waals surface area contributed by atoms with Crippen LogP contribution in [0.1, 0.15) is 21.5 Å². The van der Waals surface area contributed by atoms with Gasteiger partial charge in [0.1, 0.15) is 5.82 Å². The highest BCUT2D eigenvalue weighted by Crippen LogP contribution is 2.19. The summed E-state index contributed by atoms with van der Waals surface area (Å²) < 4.78 is 0.907. The van der Waals surface area contributed by atoms with Crippen LogP contribution in [0.15, 0.2) is 34.9 Å². The van der Waals surface area contributed by atoms with Gasteiger partial charge in [0.15, 0.2) is 0 Å². The average molecular weight is 340 g/mol. The number of halogens is 2. The maximum atomic E-state index is 12.2. The molecule has 0 radical (unpaired) electrons. The van der Waals surface area contributed by atoms with Crippen molar-refractivity contribution in [3.63, 3.8) is 0 Å². The first-order valence-corrected chi connectivity index (χ1v) is 6.84. The van der Waals surface area contributed by atoms with Crippen molar-refractivity contribution in [3.05, 3.63) is 56.6 Å². The van der Waals surface area contributed by atoms with Crippen molar-refractivity contribution in [1.82, 2.24) is 4.98 Å². The highest BCUT2D eigenvalue weighted by Gasteiger charge is 2.11. The summed E-state index contributed by atoms with van der Waals surface area (Å²) in [5.41, 5.74) is 2.43. The number of hydrogen-bond acceptors (Lipinski definition) is 2. The number of nitrogens with zero attached hydrogens (tertiary/aromatic N) is 1. The maximum Gasteiger partial charge on any atom is 0.257 e. The van der Waals surface area contributed by atoms with Crippen LogP contribution in [0.2, 0.25) is 5.02 Å². The second-order valence-electron chi connectivity index (χ2n) is 4.23. The van der Waals surface area contributed by atoms with Gasteiger partial charge in [0, 0.05) is 21.3 Å². The van der Waals surface area contributed by atoms with Crippen LogP contribution in [0, 0.1) is 13.8 Å². The van der Waals surface area contributed by atoms with E-state index in [1.807, 2.05) is 26.0 Å². The third-order valence-electron chi connectivity index (χ3n) is 2.73. The number of carbonyl (C=O) groups is 1. The van der Waals surface area contributed by atoms with E-state index in [1.54, 1.807) is 18.3 Å². The minimum atomic E-state index is -0.214. The normalized spacial score (nSPS) is 10.3. The molecule has 0 saturated carbocycles. The average Bonchev–Trinajstić information content (AvgIpc) is 2.36. The van der Waals surface area contributed by atoms with Crippen LogP contribution < -0.4 is 5.32 Å². The zero-order valence-corrected chi connectivity index (χ0v) is 12.8. The van der Waals surface area contributed by atoms with Gasteiger partial charge in [-0.2, -0.15) is 0 Å². The molecule has 1 heterocycles. The molecule has 1 aromatic carbocycles. The zero-order valence-electron chi connectivity index (χ0n) is 10.5. The first-order valence-electron chi connectivity index (χ1n) is 5.67. The quantitative estimate of drug-likeness (QED) is 0.883. The molecule has 0 atom stereocenters. The largest absolute Gasteiger partial charge is 0.307 e. The number of benzene rings is 1. The maximum absolute atomic E-state index is 12.2. The summed E-state index contributed by atoms with van der Waals surface area (Å²) in [4.78, 5) is 16.3. The van der Waals surface area contributed by atoms with Gasteiger partial charge in [-0.25, -0.2) is 4.98 Å². The molecule has 1 aromatic heterocycles. The Morgan fingerprint density at radius 3 is 2.68 bits per heavy atom. The molecule has 0 aliphatic carbocycles. The van der Waals surface area contributed by atoms with E-state index >= 15 is 0 Å². The number of carbonyl (C=O) groups excluding carboxylic acids is 1. The summed E-state index contributed by atoms with van der Waals surface area (Å²) in [6.07, 6.45) is 1.66. The van der Waals surface area contributed by atoms with Gasteiger partial charge in [-0.1, -0.05) is 17.7 Å². The molecule has 1 amide bonds. The summed E-state index contributed by atoms with van der Waals surface area (Å²) in [6.45, 7) is 3.80. The third kappa shape index (κ3) is 3.33. The van der Waals surface area contributed by atoms with Gasteiger partial charge in [-0.15, -0.1) is 0 Å². The SMILES string of the molecule is Cc1cc(NC(=O)c2cc(Cl)ccc2C)ncc1Br. The van der Waals surface area contributed by atoms with Crippen molar-refractivity contribution in [2.24, 2.45) is 0 Å². The Labute approximate surface area is 125 Å². The Balaban J connectivity index is 2.25. The van der Waals surface area contributed by atoms with Crippen LogP contribution in [0.5, 0.6) is 0 Å². The van der Waals surface area contributed by atoms with Gasteiger partial charge in [0.25, 0.3) is 5.91 Å². The van der Waals surface area contributed by atoms with Gasteiger partial charge in [0.05, 0.1) is 0 Å². The predicted molar refractivity (Wildman–Crippen MR) is 80.8 cm³/mol. The lowest BCUT2D eigenvalue weighted by Crippen LogP contribution is -2.14. The Kier molecular flexibility index (Phi) is 4.22. The monoisotopic (exact) mass is 338 g/mol. The molecule has 0 aliphatic rings. The molecular formula is C14H12BrClN2O. The van der Waals surface area contributed by atoms with Crippen LogP contribution in [-0.4, -0.2) is 10.9 Å². The van der Waals surface area contributed by atoms with Crippen molar-refractivity contribution in [3.8, 4) is 0 Å². The first-order chi connectivity index (χ1) is 8.97. The number of nitrogens with one attached hydrogen (secondary N) is 1. The molecule has 0 unspecified atom stereocenters. The lowest BCUT2D eigenvalue weighted by Gasteiger charge is -2.08.